The Morgan fingerprint density at radius 2 is 2.14 bits per heavy atom. The van der Waals surface area contributed by atoms with Gasteiger partial charge in [-0.3, -0.25) is 0 Å². The van der Waals surface area contributed by atoms with Gasteiger partial charge < -0.3 is 9.90 Å². The van der Waals surface area contributed by atoms with Crippen LogP contribution >= 0.6 is 0 Å². The summed E-state index contributed by atoms with van der Waals surface area (Å²) < 4.78 is 0. The summed E-state index contributed by atoms with van der Waals surface area (Å²) >= 11 is 0. The van der Waals surface area contributed by atoms with Crippen molar-refractivity contribution in [3.63, 3.8) is 0 Å². The number of carboxylic acid groups (broad SMARTS) is 1. The molecule has 0 saturated carbocycles. The van der Waals surface area contributed by atoms with Gasteiger partial charge in [-0.1, -0.05) is 13.3 Å². The van der Waals surface area contributed by atoms with E-state index >= 15 is 0 Å². The van der Waals surface area contributed by atoms with Crippen LogP contribution in [0, 0.1) is 0 Å². The zero-order valence-corrected chi connectivity index (χ0v) is 5.82. The van der Waals surface area contributed by atoms with Crippen LogP contribution in [0.1, 0.15) is 19.8 Å². The van der Waals surface area contributed by atoms with E-state index in [-0.39, 0.29) is 25.9 Å². The molecule has 0 aromatic heterocycles. The minimum atomic E-state index is -0.961. The van der Waals surface area contributed by atoms with Crippen molar-refractivity contribution in [2.75, 3.05) is 0 Å². The fourth-order valence-electron chi connectivity index (χ4n) is 0.204. The molecule has 0 aromatic rings. The second-order valence-electron chi connectivity index (χ2n) is 1.12. The van der Waals surface area contributed by atoms with Gasteiger partial charge in [0.2, 0.25) is 0 Å². The van der Waals surface area contributed by atoms with E-state index in [1.165, 1.54) is 0 Å². The van der Waals surface area contributed by atoms with Gasteiger partial charge in [0.25, 0.3) is 0 Å². The van der Waals surface area contributed by atoms with Crippen molar-refractivity contribution in [3.8, 4) is 0 Å². The molecule has 0 fully saturated rings. The molecule has 3 heteroatoms. The quantitative estimate of drug-likeness (QED) is 0.550. The van der Waals surface area contributed by atoms with Crippen molar-refractivity contribution in [2.24, 2.45) is 0 Å². The van der Waals surface area contributed by atoms with E-state index in [1.54, 1.807) is 6.92 Å². The smallest absolute Gasteiger partial charge is 0.550 e. The molecule has 0 N–H and O–H groups in total. The van der Waals surface area contributed by atoms with Crippen molar-refractivity contribution < 1.29 is 29.4 Å². The number of carboxylic acids is 1. The fraction of sp³-hybridized carbons (Fsp3) is 0.750. The first-order valence-corrected chi connectivity index (χ1v) is 1.97. The minimum absolute atomic E-state index is 0. The molecule has 7 heavy (non-hydrogen) atoms. The molecule has 0 heterocycles. The van der Waals surface area contributed by atoms with E-state index in [1.807, 2.05) is 0 Å². The molecule has 0 unspecified atom stereocenters. The van der Waals surface area contributed by atoms with Crippen molar-refractivity contribution in [1.82, 2.24) is 0 Å². The Bertz CT molecular complexity index is 53.7. The van der Waals surface area contributed by atoms with Crippen LogP contribution in [0.3, 0.4) is 0 Å². The molecular weight excluding hydrogens is 181 g/mol. The van der Waals surface area contributed by atoms with Gasteiger partial charge in [0, 0.05) is 5.97 Å². The molecule has 0 rings (SSSR count). The third-order valence-electron chi connectivity index (χ3n) is 0.454. The Hall–Kier alpha value is 0.0934. The van der Waals surface area contributed by atoms with Crippen molar-refractivity contribution in [3.05, 3.63) is 0 Å². The van der Waals surface area contributed by atoms with E-state index in [2.05, 4.69) is 0 Å². The van der Waals surface area contributed by atoms with Crippen molar-refractivity contribution >= 4 is 5.97 Å². The molecule has 0 saturated heterocycles. The number of hydrogen-bond acceptors (Lipinski definition) is 2. The first-order chi connectivity index (χ1) is 2.77. The maximum atomic E-state index is 9.49. The summed E-state index contributed by atoms with van der Waals surface area (Å²) in [5.41, 5.74) is 0. The fourth-order valence-corrected chi connectivity index (χ4v) is 0.204. The zero-order chi connectivity index (χ0) is 4.99. The largest absolute Gasteiger partial charge is 1.00 e. The van der Waals surface area contributed by atoms with Gasteiger partial charge in [-0.2, -0.15) is 0 Å². The predicted octanol–water partition coefficient (Wildman–Crippen LogP) is -0.466. The standard InChI is InChI=1S/C4H8O2.Ru/c1-2-3-4(5)6;/h2-3H2,1H3,(H,5,6);/q;+1/p-1. The Balaban J connectivity index is 0. The number of carbonyl (C=O) groups is 1. The molecule has 2 nitrogen and oxygen atoms in total. The van der Waals surface area contributed by atoms with Crippen LogP contribution in [0.25, 0.3) is 0 Å². The monoisotopic (exact) mass is 189 g/mol. The van der Waals surface area contributed by atoms with Gasteiger partial charge in [0.1, 0.15) is 0 Å². The Morgan fingerprint density at radius 3 is 2.14 bits per heavy atom. The first kappa shape index (κ1) is 10.2. The van der Waals surface area contributed by atoms with Crippen molar-refractivity contribution in [2.45, 2.75) is 19.8 Å². The summed E-state index contributed by atoms with van der Waals surface area (Å²) in [6, 6.07) is 0. The Kier molecular flexibility index (Phi) is 8.84. The predicted molar refractivity (Wildman–Crippen MR) is 19.9 cm³/mol. The summed E-state index contributed by atoms with van der Waals surface area (Å²) in [4.78, 5) is 9.49. The van der Waals surface area contributed by atoms with Crippen LogP contribution in [0.15, 0.2) is 0 Å². The van der Waals surface area contributed by atoms with Gasteiger partial charge >= 0.3 is 19.5 Å². The summed E-state index contributed by atoms with van der Waals surface area (Å²) in [5.74, 6) is -0.961. The zero-order valence-electron chi connectivity index (χ0n) is 4.08. The molecule has 1 radical (unpaired) electrons. The minimum Gasteiger partial charge on any atom is -0.550 e. The number of hydrogen-bond donors (Lipinski definition) is 0. The molecule has 43 valence electrons. The van der Waals surface area contributed by atoms with Crippen molar-refractivity contribution in [1.29, 1.82) is 0 Å². The summed E-state index contributed by atoms with van der Waals surface area (Å²) in [6.45, 7) is 1.80. The average molecular weight is 188 g/mol. The molecule has 0 aliphatic carbocycles. The molecular formula is C4H7O2Ru. The summed E-state index contributed by atoms with van der Waals surface area (Å²) in [7, 11) is 0. The van der Waals surface area contributed by atoms with E-state index in [9.17, 15) is 9.90 Å². The van der Waals surface area contributed by atoms with Gasteiger partial charge in [0.15, 0.2) is 0 Å². The SMILES string of the molecule is CCCC(=O)[O-].[Ru+]. The van der Waals surface area contributed by atoms with Crippen LogP contribution in [-0.4, -0.2) is 5.97 Å². The van der Waals surface area contributed by atoms with Crippen LogP contribution in [0.4, 0.5) is 0 Å². The number of carbonyl (C=O) groups excluding carboxylic acids is 1. The third kappa shape index (κ3) is 10.7. The van der Waals surface area contributed by atoms with Crippen LogP contribution in [0.2, 0.25) is 0 Å². The molecule has 0 aliphatic rings. The molecule has 0 atom stereocenters. The Morgan fingerprint density at radius 1 is 1.71 bits per heavy atom. The number of aliphatic carboxylic acids is 1. The topological polar surface area (TPSA) is 40.1 Å². The Labute approximate surface area is 55.7 Å². The summed E-state index contributed by atoms with van der Waals surface area (Å²) in [5, 5.41) is 9.49. The average Bonchev–Trinajstić information content (AvgIpc) is 1.35. The van der Waals surface area contributed by atoms with E-state index in [0.717, 1.165) is 0 Å². The maximum absolute atomic E-state index is 9.49. The first-order valence-electron chi connectivity index (χ1n) is 1.97. The second-order valence-corrected chi connectivity index (χ2v) is 1.12. The van der Waals surface area contributed by atoms with Gasteiger partial charge in [0.05, 0.1) is 0 Å². The molecule has 0 amide bonds. The molecule has 0 aliphatic heterocycles. The van der Waals surface area contributed by atoms with Gasteiger partial charge in [-0.25, -0.2) is 0 Å². The second kappa shape index (κ2) is 6.09. The normalized spacial score (nSPS) is 7.00. The van der Waals surface area contributed by atoms with Crippen LogP contribution in [0.5, 0.6) is 0 Å². The van der Waals surface area contributed by atoms with E-state index in [4.69, 9.17) is 0 Å². The number of rotatable bonds is 2. The van der Waals surface area contributed by atoms with E-state index in [0.29, 0.717) is 6.42 Å². The third-order valence-corrected chi connectivity index (χ3v) is 0.454. The van der Waals surface area contributed by atoms with Gasteiger partial charge in [-0.05, 0) is 6.42 Å². The van der Waals surface area contributed by atoms with Crippen LogP contribution < -0.4 is 5.11 Å². The van der Waals surface area contributed by atoms with Gasteiger partial charge in [-0.15, -0.1) is 0 Å². The molecule has 0 aromatic carbocycles. The summed E-state index contributed by atoms with van der Waals surface area (Å²) in [6.07, 6.45) is 0.850. The molecule has 0 spiro atoms. The maximum Gasteiger partial charge on any atom is 1.00 e. The molecule has 0 bridgehead atoms. The van der Waals surface area contributed by atoms with Crippen LogP contribution in [-0.2, 0) is 24.3 Å². The van der Waals surface area contributed by atoms with E-state index < -0.39 is 5.97 Å².